The third kappa shape index (κ3) is 3.03. The molecule has 2 rings (SSSR count). The molecule has 20 heavy (non-hydrogen) atoms. The molecule has 0 bridgehead atoms. The third-order valence-electron chi connectivity index (χ3n) is 2.71. The highest BCUT2D eigenvalue weighted by molar-refractivity contribution is 7.10. The molecule has 0 saturated carbocycles. The number of hydrogen-bond donors (Lipinski definition) is 0. The van der Waals surface area contributed by atoms with Crippen LogP contribution in [0.2, 0.25) is 0 Å². The van der Waals surface area contributed by atoms with E-state index in [1.807, 2.05) is 6.07 Å². The molecule has 6 heteroatoms. The van der Waals surface area contributed by atoms with Crippen LogP contribution in [0.4, 0.5) is 4.39 Å². The zero-order valence-electron chi connectivity index (χ0n) is 10.5. The molecule has 2 atom stereocenters. The molecule has 2 aromatic rings. The summed E-state index contributed by atoms with van der Waals surface area (Å²) in [4.78, 5) is 16.1. The van der Waals surface area contributed by atoms with Crippen molar-refractivity contribution < 1.29 is 9.18 Å². The average Bonchev–Trinajstić information content (AvgIpc) is 2.89. The summed E-state index contributed by atoms with van der Waals surface area (Å²) in [5.74, 6) is -1.65. The zero-order valence-corrected chi connectivity index (χ0v) is 12.1. The summed E-state index contributed by atoms with van der Waals surface area (Å²) < 4.78 is 12.9. The second kappa shape index (κ2) is 6.12. The number of ketones is 1. The van der Waals surface area contributed by atoms with Crippen molar-refractivity contribution in [3.05, 3.63) is 40.5 Å². The fraction of sp³-hybridized carbons (Fsp3) is 0.214. The van der Waals surface area contributed by atoms with Crippen LogP contribution >= 0.6 is 22.9 Å². The maximum Gasteiger partial charge on any atom is 0.174 e. The Morgan fingerprint density at radius 1 is 1.45 bits per heavy atom. The van der Waals surface area contributed by atoms with Gasteiger partial charge in [-0.3, -0.25) is 4.79 Å². The topological polar surface area (TPSA) is 53.8 Å². The van der Waals surface area contributed by atoms with Gasteiger partial charge in [0.25, 0.3) is 0 Å². The molecule has 0 amide bonds. The van der Waals surface area contributed by atoms with Crippen molar-refractivity contribution in [3.63, 3.8) is 0 Å². The number of aromatic nitrogens is 1. The van der Waals surface area contributed by atoms with E-state index in [0.29, 0.717) is 10.7 Å². The summed E-state index contributed by atoms with van der Waals surface area (Å²) in [7, 11) is 0. The van der Waals surface area contributed by atoms with E-state index in [1.54, 1.807) is 17.5 Å². The minimum atomic E-state index is -0.957. The predicted molar refractivity (Wildman–Crippen MR) is 76.2 cm³/mol. The van der Waals surface area contributed by atoms with Crippen LogP contribution in [0.15, 0.2) is 29.6 Å². The first-order valence-electron chi connectivity index (χ1n) is 5.81. The van der Waals surface area contributed by atoms with E-state index in [-0.39, 0.29) is 11.6 Å². The molecule has 0 aliphatic carbocycles. The van der Waals surface area contributed by atoms with Crippen LogP contribution in [0.1, 0.15) is 17.8 Å². The number of rotatable bonds is 4. The van der Waals surface area contributed by atoms with E-state index in [1.165, 1.54) is 30.4 Å². The molecule has 0 saturated heterocycles. The summed E-state index contributed by atoms with van der Waals surface area (Å²) >= 11 is 6.95. The number of thiazole rings is 1. The molecule has 1 heterocycles. The van der Waals surface area contributed by atoms with E-state index in [4.69, 9.17) is 16.9 Å². The van der Waals surface area contributed by atoms with Crippen LogP contribution in [0.5, 0.6) is 0 Å². The van der Waals surface area contributed by atoms with Crippen molar-refractivity contribution in [3.8, 4) is 17.3 Å². The van der Waals surface area contributed by atoms with Gasteiger partial charge in [-0.2, -0.15) is 5.26 Å². The van der Waals surface area contributed by atoms with Crippen molar-refractivity contribution in [1.82, 2.24) is 4.98 Å². The van der Waals surface area contributed by atoms with Crippen molar-refractivity contribution in [2.75, 3.05) is 0 Å². The molecule has 3 nitrogen and oxygen atoms in total. The van der Waals surface area contributed by atoms with Gasteiger partial charge >= 0.3 is 0 Å². The fourth-order valence-electron chi connectivity index (χ4n) is 1.64. The molecule has 0 spiro atoms. The minimum Gasteiger partial charge on any atom is -0.296 e. The quantitative estimate of drug-likeness (QED) is 0.808. The third-order valence-corrected chi connectivity index (χ3v) is 3.84. The Kier molecular flexibility index (Phi) is 4.48. The first-order valence-corrected chi connectivity index (χ1v) is 7.13. The largest absolute Gasteiger partial charge is 0.296 e. The number of carbonyl (C=O) groups excluding carboxylic acids is 1. The van der Waals surface area contributed by atoms with Crippen LogP contribution in [-0.4, -0.2) is 16.1 Å². The van der Waals surface area contributed by atoms with Gasteiger partial charge in [-0.05, 0) is 31.2 Å². The Morgan fingerprint density at radius 2 is 2.10 bits per heavy atom. The lowest BCUT2D eigenvalue weighted by Crippen LogP contribution is -2.18. The fourth-order valence-corrected chi connectivity index (χ4v) is 2.65. The van der Waals surface area contributed by atoms with Crippen LogP contribution in [0.25, 0.3) is 11.3 Å². The number of Topliss-reactive ketones (excluding diaryl/α,β-unsaturated/α-hetero) is 1. The number of halogens is 2. The van der Waals surface area contributed by atoms with E-state index in [0.717, 1.165) is 5.56 Å². The van der Waals surface area contributed by atoms with Crippen LogP contribution in [0.3, 0.4) is 0 Å². The van der Waals surface area contributed by atoms with E-state index in [2.05, 4.69) is 4.98 Å². The summed E-state index contributed by atoms with van der Waals surface area (Å²) in [6, 6.07) is 7.80. The van der Waals surface area contributed by atoms with Gasteiger partial charge in [0.1, 0.15) is 10.8 Å². The lowest BCUT2D eigenvalue weighted by molar-refractivity contribution is -0.118. The monoisotopic (exact) mass is 308 g/mol. The molecule has 2 unspecified atom stereocenters. The molecule has 0 radical (unpaired) electrons. The van der Waals surface area contributed by atoms with Gasteiger partial charge in [-0.1, -0.05) is 0 Å². The summed E-state index contributed by atoms with van der Waals surface area (Å²) in [5, 5.41) is 10.5. The average molecular weight is 309 g/mol. The van der Waals surface area contributed by atoms with Gasteiger partial charge in [-0.25, -0.2) is 9.37 Å². The molecule has 0 aliphatic heterocycles. The molecule has 0 N–H and O–H groups in total. The number of nitriles is 1. The van der Waals surface area contributed by atoms with Crippen LogP contribution < -0.4 is 0 Å². The highest BCUT2D eigenvalue weighted by atomic mass is 35.5. The molecule has 1 aromatic heterocycles. The lowest BCUT2D eigenvalue weighted by atomic mass is 10.0. The Hall–Kier alpha value is -1.77. The van der Waals surface area contributed by atoms with Crippen molar-refractivity contribution in [2.24, 2.45) is 0 Å². The molecular weight excluding hydrogens is 299 g/mol. The van der Waals surface area contributed by atoms with E-state index in [9.17, 15) is 9.18 Å². The van der Waals surface area contributed by atoms with Crippen molar-refractivity contribution in [1.29, 1.82) is 5.26 Å². The van der Waals surface area contributed by atoms with Gasteiger partial charge in [0.2, 0.25) is 0 Å². The second-order valence-corrected chi connectivity index (χ2v) is 5.70. The number of benzene rings is 1. The Morgan fingerprint density at radius 3 is 2.65 bits per heavy atom. The summed E-state index contributed by atoms with van der Waals surface area (Å²) in [5.41, 5.74) is 1.34. The maximum absolute atomic E-state index is 12.9. The lowest BCUT2D eigenvalue weighted by Gasteiger charge is -2.05. The number of nitrogens with zero attached hydrogens (tertiary/aromatic N) is 2. The van der Waals surface area contributed by atoms with Gasteiger partial charge in [-0.15, -0.1) is 22.9 Å². The normalized spacial score (nSPS) is 13.5. The van der Waals surface area contributed by atoms with E-state index >= 15 is 0 Å². The summed E-state index contributed by atoms with van der Waals surface area (Å²) in [6.45, 7) is 1.53. The maximum atomic E-state index is 12.9. The van der Waals surface area contributed by atoms with E-state index < -0.39 is 11.3 Å². The predicted octanol–water partition coefficient (Wildman–Crippen LogP) is 3.75. The van der Waals surface area contributed by atoms with Crippen LogP contribution in [0, 0.1) is 17.1 Å². The molecular formula is C14H10ClFN2OS. The van der Waals surface area contributed by atoms with Gasteiger partial charge in [0, 0.05) is 10.9 Å². The Bertz CT molecular complexity index is 661. The molecule has 0 aliphatic rings. The zero-order chi connectivity index (χ0) is 14.7. The molecule has 102 valence electrons. The number of hydrogen-bond acceptors (Lipinski definition) is 4. The highest BCUT2D eigenvalue weighted by Gasteiger charge is 2.27. The van der Waals surface area contributed by atoms with Crippen molar-refractivity contribution in [2.45, 2.75) is 18.2 Å². The van der Waals surface area contributed by atoms with Gasteiger partial charge in [0.15, 0.2) is 11.7 Å². The first-order chi connectivity index (χ1) is 9.52. The van der Waals surface area contributed by atoms with Crippen LogP contribution in [-0.2, 0) is 4.79 Å². The van der Waals surface area contributed by atoms with Gasteiger partial charge < -0.3 is 0 Å². The Balaban J connectivity index is 2.31. The SMILES string of the molecule is CC(Cl)C(=O)C(C#N)c1nc(-c2ccc(F)cc2)cs1. The Labute approximate surface area is 124 Å². The number of alkyl halides is 1. The van der Waals surface area contributed by atoms with Crippen molar-refractivity contribution >= 4 is 28.7 Å². The van der Waals surface area contributed by atoms with Gasteiger partial charge in [0.05, 0.1) is 17.1 Å². The number of carbonyl (C=O) groups is 1. The standard InChI is InChI=1S/C14H10ClFN2OS/c1-8(15)13(19)11(6-17)14-18-12(7-20-14)9-2-4-10(16)5-3-9/h2-5,7-8,11H,1H3. The minimum absolute atomic E-state index is 0.328. The first kappa shape index (κ1) is 14.6. The smallest absolute Gasteiger partial charge is 0.174 e. The highest BCUT2D eigenvalue weighted by Crippen LogP contribution is 2.28. The molecule has 1 aromatic carbocycles. The second-order valence-electron chi connectivity index (χ2n) is 4.16. The molecule has 0 fully saturated rings. The summed E-state index contributed by atoms with van der Waals surface area (Å²) in [6.07, 6.45) is 0.